The number of methoxy groups -OCH3 is 1. The molecular formula is C19H21NO5S. The Morgan fingerprint density at radius 1 is 1.12 bits per heavy atom. The van der Waals surface area contributed by atoms with E-state index in [1.54, 1.807) is 55.6 Å². The summed E-state index contributed by atoms with van der Waals surface area (Å²) in [7, 11) is 1.47. The topological polar surface area (TPSA) is 81.7 Å². The summed E-state index contributed by atoms with van der Waals surface area (Å²) in [5, 5.41) is 4.45. The van der Waals surface area contributed by atoms with Gasteiger partial charge in [0.05, 0.1) is 17.6 Å². The molecule has 0 saturated carbocycles. The highest BCUT2D eigenvalue weighted by Crippen LogP contribution is 2.18. The van der Waals surface area contributed by atoms with E-state index in [0.717, 1.165) is 0 Å². The predicted octanol–water partition coefficient (Wildman–Crippen LogP) is 2.94. The standard InChI is InChI=1S/C19H21NO5S/c1-12(2)17(20-18(22)16-9-6-10-26-16)19(23)25-11-14(21)13-7-4-5-8-15(13)24-3/h4-10,12,17H,11H2,1-3H3,(H,20,22)/t17-/m1/s1. The number of hydrogen-bond acceptors (Lipinski definition) is 6. The molecule has 0 radical (unpaired) electrons. The Morgan fingerprint density at radius 3 is 2.46 bits per heavy atom. The maximum absolute atomic E-state index is 12.4. The van der Waals surface area contributed by atoms with E-state index in [0.29, 0.717) is 16.2 Å². The van der Waals surface area contributed by atoms with E-state index in [1.165, 1.54) is 18.4 Å². The molecule has 0 aliphatic carbocycles. The van der Waals surface area contributed by atoms with E-state index >= 15 is 0 Å². The summed E-state index contributed by atoms with van der Waals surface area (Å²) in [5.74, 6) is -1.13. The highest BCUT2D eigenvalue weighted by molar-refractivity contribution is 7.12. The van der Waals surface area contributed by atoms with Gasteiger partial charge in [-0.25, -0.2) is 4.79 Å². The van der Waals surface area contributed by atoms with Gasteiger partial charge in [0.1, 0.15) is 11.8 Å². The second-order valence-corrected chi connectivity index (χ2v) is 6.85. The fourth-order valence-corrected chi connectivity index (χ4v) is 2.92. The summed E-state index contributed by atoms with van der Waals surface area (Å²) < 4.78 is 10.3. The number of amides is 1. The highest BCUT2D eigenvalue weighted by Gasteiger charge is 2.27. The second-order valence-electron chi connectivity index (χ2n) is 5.90. The molecule has 6 nitrogen and oxygen atoms in total. The Morgan fingerprint density at radius 2 is 1.85 bits per heavy atom. The molecular weight excluding hydrogens is 354 g/mol. The van der Waals surface area contributed by atoms with Gasteiger partial charge in [-0.05, 0) is 29.5 Å². The zero-order valence-corrected chi connectivity index (χ0v) is 15.7. The average Bonchev–Trinajstić information content (AvgIpc) is 3.18. The van der Waals surface area contributed by atoms with Gasteiger partial charge < -0.3 is 14.8 Å². The number of rotatable bonds is 8. The number of ether oxygens (including phenoxy) is 2. The third-order valence-electron chi connectivity index (χ3n) is 3.71. The van der Waals surface area contributed by atoms with Crippen molar-refractivity contribution in [3.63, 3.8) is 0 Å². The Balaban J connectivity index is 1.99. The summed E-state index contributed by atoms with van der Waals surface area (Å²) in [6.45, 7) is 3.17. The summed E-state index contributed by atoms with van der Waals surface area (Å²) in [4.78, 5) is 37.3. The summed E-state index contributed by atoms with van der Waals surface area (Å²) in [5.41, 5.74) is 0.339. The monoisotopic (exact) mass is 375 g/mol. The Kier molecular flexibility index (Phi) is 6.91. The van der Waals surface area contributed by atoms with Crippen LogP contribution in [0.2, 0.25) is 0 Å². The van der Waals surface area contributed by atoms with Crippen LogP contribution in [0.15, 0.2) is 41.8 Å². The Bertz CT molecular complexity index is 770. The lowest BCUT2D eigenvalue weighted by molar-refractivity contribution is -0.145. The molecule has 0 saturated heterocycles. The first-order valence-electron chi connectivity index (χ1n) is 8.11. The lowest BCUT2D eigenvalue weighted by atomic mass is 10.0. The molecule has 1 atom stereocenters. The number of nitrogens with one attached hydrogen (secondary N) is 1. The first-order chi connectivity index (χ1) is 12.4. The van der Waals surface area contributed by atoms with Crippen LogP contribution in [-0.4, -0.2) is 37.4 Å². The summed E-state index contributed by atoms with van der Waals surface area (Å²) in [6.07, 6.45) is 0. The lowest BCUT2D eigenvalue weighted by Crippen LogP contribution is -2.45. The fourth-order valence-electron chi connectivity index (χ4n) is 2.30. The van der Waals surface area contributed by atoms with Crippen LogP contribution in [0.25, 0.3) is 0 Å². The van der Waals surface area contributed by atoms with Gasteiger partial charge in [-0.2, -0.15) is 0 Å². The van der Waals surface area contributed by atoms with Crippen LogP contribution in [0.4, 0.5) is 0 Å². The van der Waals surface area contributed by atoms with Crippen molar-refractivity contribution in [1.82, 2.24) is 5.32 Å². The van der Waals surface area contributed by atoms with Crippen molar-refractivity contribution in [2.24, 2.45) is 5.92 Å². The van der Waals surface area contributed by atoms with Crippen LogP contribution in [0.1, 0.15) is 33.9 Å². The van der Waals surface area contributed by atoms with E-state index in [2.05, 4.69) is 5.32 Å². The van der Waals surface area contributed by atoms with E-state index < -0.39 is 18.6 Å². The zero-order chi connectivity index (χ0) is 19.1. The SMILES string of the molecule is COc1ccccc1C(=O)COC(=O)[C@H](NC(=O)c1cccs1)C(C)C. The third kappa shape index (κ3) is 4.92. The molecule has 2 rings (SSSR count). The van der Waals surface area contributed by atoms with Crippen molar-refractivity contribution < 1.29 is 23.9 Å². The van der Waals surface area contributed by atoms with Crippen molar-refractivity contribution in [2.75, 3.05) is 13.7 Å². The van der Waals surface area contributed by atoms with Crippen LogP contribution in [0.5, 0.6) is 5.75 Å². The smallest absolute Gasteiger partial charge is 0.329 e. The predicted molar refractivity (Wildman–Crippen MR) is 98.7 cm³/mol. The van der Waals surface area contributed by atoms with Gasteiger partial charge in [0, 0.05) is 0 Å². The van der Waals surface area contributed by atoms with Crippen LogP contribution >= 0.6 is 11.3 Å². The van der Waals surface area contributed by atoms with Crippen molar-refractivity contribution >= 4 is 29.0 Å². The molecule has 1 aromatic heterocycles. The summed E-state index contributed by atoms with van der Waals surface area (Å²) >= 11 is 1.28. The van der Waals surface area contributed by atoms with E-state index in [9.17, 15) is 14.4 Å². The molecule has 1 N–H and O–H groups in total. The first-order valence-corrected chi connectivity index (χ1v) is 8.99. The average molecular weight is 375 g/mol. The second kappa shape index (κ2) is 9.15. The van der Waals surface area contributed by atoms with Crippen molar-refractivity contribution in [1.29, 1.82) is 0 Å². The van der Waals surface area contributed by atoms with Gasteiger partial charge in [-0.15, -0.1) is 11.3 Å². The third-order valence-corrected chi connectivity index (χ3v) is 4.57. The van der Waals surface area contributed by atoms with E-state index in [-0.39, 0.29) is 17.6 Å². The van der Waals surface area contributed by atoms with Crippen LogP contribution in [-0.2, 0) is 9.53 Å². The van der Waals surface area contributed by atoms with Gasteiger partial charge in [-0.1, -0.05) is 32.0 Å². The molecule has 7 heteroatoms. The van der Waals surface area contributed by atoms with Gasteiger partial charge >= 0.3 is 5.97 Å². The highest BCUT2D eigenvalue weighted by atomic mass is 32.1. The minimum Gasteiger partial charge on any atom is -0.496 e. The number of esters is 1. The number of para-hydroxylation sites is 1. The molecule has 0 fully saturated rings. The number of Topliss-reactive ketones (excluding diaryl/α,β-unsaturated/α-hetero) is 1. The number of benzene rings is 1. The number of ketones is 1. The van der Waals surface area contributed by atoms with Gasteiger partial charge in [0.15, 0.2) is 6.61 Å². The van der Waals surface area contributed by atoms with E-state index in [4.69, 9.17) is 9.47 Å². The van der Waals surface area contributed by atoms with Crippen LogP contribution < -0.4 is 10.1 Å². The molecule has 1 amide bonds. The molecule has 26 heavy (non-hydrogen) atoms. The lowest BCUT2D eigenvalue weighted by Gasteiger charge is -2.20. The molecule has 0 aliphatic heterocycles. The number of hydrogen-bond donors (Lipinski definition) is 1. The molecule has 0 bridgehead atoms. The molecule has 0 spiro atoms. The van der Waals surface area contributed by atoms with Gasteiger partial charge in [0.2, 0.25) is 5.78 Å². The molecule has 0 unspecified atom stereocenters. The maximum Gasteiger partial charge on any atom is 0.329 e. The molecule has 1 heterocycles. The Hall–Kier alpha value is -2.67. The van der Waals surface area contributed by atoms with Crippen molar-refractivity contribution in [3.8, 4) is 5.75 Å². The quantitative estimate of drug-likeness (QED) is 0.567. The minimum atomic E-state index is -0.838. The van der Waals surface area contributed by atoms with E-state index in [1.807, 2.05) is 0 Å². The first kappa shape index (κ1) is 19.7. The number of carbonyl (C=O) groups excluding carboxylic acids is 3. The Labute approximate surface area is 156 Å². The largest absolute Gasteiger partial charge is 0.496 e. The zero-order valence-electron chi connectivity index (χ0n) is 14.9. The van der Waals surface area contributed by atoms with Crippen LogP contribution in [0.3, 0.4) is 0 Å². The fraction of sp³-hybridized carbons (Fsp3) is 0.316. The molecule has 1 aromatic carbocycles. The molecule has 2 aromatic rings. The number of carbonyl (C=O) groups is 3. The van der Waals surface area contributed by atoms with Gasteiger partial charge in [0.25, 0.3) is 5.91 Å². The summed E-state index contributed by atoms with van der Waals surface area (Å²) in [6, 6.07) is 9.31. The minimum absolute atomic E-state index is 0.187. The van der Waals surface area contributed by atoms with Crippen molar-refractivity contribution in [3.05, 3.63) is 52.2 Å². The maximum atomic E-state index is 12.4. The van der Waals surface area contributed by atoms with Gasteiger partial charge in [-0.3, -0.25) is 9.59 Å². The number of thiophene rings is 1. The van der Waals surface area contributed by atoms with Crippen LogP contribution in [0, 0.1) is 5.92 Å². The molecule has 138 valence electrons. The normalized spacial score (nSPS) is 11.7. The molecule has 0 aliphatic rings. The van der Waals surface area contributed by atoms with Crippen molar-refractivity contribution in [2.45, 2.75) is 19.9 Å².